The Hall–Kier alpha value is -2.91. The molecule has 1 aliphatic rings. The fourth-order valence-electron chi connectivity index (χ4n) is 3.35. The van der Waals surface area contributed by atoms with Crippen molar-refractivity contribution in [2.75, 3.05) is 10.8 Å². The third kappa shape index (κ3) is 3.66. The summed E-state index contributed by atoms with van der Waals surface area (Å²) in [5.41, 5.74) is 1.74. The molecule has 0 spiro atoms. The van der Waals surface area contributed by atoms with Crippen LogP contribution in [0.3, 0.4) is 0 Å². The number of benzene rings is 2. The van der Waals surface area contributed by atoms with Gasteiger partial charge in [0.05, 0.1) is 10.7 Å². The van der Waals surface area contributed by atoms with Crippen molar-refractivity contribution in [1.29, 1.82) is 0 Å². The zero-order chi connectivity index (χ0) is 21.5. The van der Waals surface area contributed by atoms with Gasteiger partial charge in [-0.3, -0.25) is 9.10 Å². The lowest BCUT2D eigenvalue weighted by atomic mass is 10.2. The smallest absolute Gasteiger partial charge is 0.265 e. The predicted octanol–water partition coefficient (Wildman–Crippen LogP) is 3.27. The minimum Gasteiger partial charge on any atom is -0.341 e. The predicted molar refractivity (Wildman–Crippen MR) is 111 cm³/mol. The first kappa shape index (κ1) is 20.4. The second kappa shape index (κ2) is 7.73. The van der Waals surface area contributed by atoms with Crippen LogP contribution in [0.5, 0.6) is 0 Å². The summed E-state index contributed by atoms with van der Waals surface area (Å²) in [5.74, 6) is 0.237. The lowest BCUT2D eigenvalue weighted by Crippen LogP contribution is -2.30. The Bertz CT molecular complexity index is 1230. The van der Waals surface area contributed by atoms with Crippen LogP contribution in [0.1, 0.15) is 40.6 Å². The maximum atomic E-state index is 13.3. The second-order valence-corrected chi connectivity index (χ2v) is 9.21. The molecule has 8 nitrogen and oxygen atoms in total. The van der Waals surface area contributed by atoms with Gasteiger partial charge in [-0.05, 0) is 50.1 Å². The number of anilines is 1. The van der Waals surface area contributed by atoms with Gasteiger partial charge >= 0.3 is 0 Å². The molecule has 10 heteroatoms. The number of halogens is 1. The molecule has 0 saturated carbocycles. The largest absolute Gasteiger partial charge is 0.341 e. The average molecular weight is 447 g/mol. The van der Waals surface area contributed by atoms with Crippen molar-refractivity contribution in [1.82, 2.24) is 15.5 Å². The summed E-state index contributed by atoms with van der Waals surface area (Å²) in [6.07, 6.45) is 0.619. The molecule has 1 aliphatic heterocycles. The molecular weight excluding hydrogens is 428 g/mol. The molecule has 1 atom stereocenters. The third-order valence-corrected chi connectivity index (χ3v) is 7.16. The molecule has 0 aliphatic carbocycles. The number of hydrogen-bond donors (Lipinski definition) is 1. The number of hydrogen-bond acceptors (Lipinski definition) is 6. The van der Waals surface area contributed by atoms with Gasteiger partial charge in [0.2, 0.25) is 5.89 Å². The number of nitrogens with one attached hydrogen (secondary N) is 1. The number of rotatable bonds is 5. The lowest BCUT2D eigenvalue weighted by molar-refractivity contribution is 0.0932. The minimum atomic E-state index is -3.94. The molecule has 1 unspecified atom stereocenters. The van der Waals surface area contributed by atoms with Crippen LogP contribution >= 0.6 is 11.6 Å². The van der Waals surface area contributed by atoms with E-state index in [2.05, 4.69) is 15.5 Å². The van der Waals surface area contributed by atoms with Crippen LogP contribution in [0.2, 0.25) is 5.02 Å². The topological polar surface area (TPSA) is 105 Å². The van der Waals surface area contributed by atoms with Crippen molar-refractivity contribution in [3.63, 3.8) is 0 Å². The van der Waals surface area contributed by atoms with E-state index in [9.17, 15) is 13.2 Å². The van der Waals surface area contributed by atoms with E-state index >= 15 is 0 Å². The Labute approximate surface area is 178 Å². The Morgan fingerprint density at radius 2 is 2.03 bits per heavy atom. The molecule has 1 aromatic heterocycles. The van der Waals surface area contributed by atoms with Gasteiger partial charge < -0.3 is 9.84 Å². The average Bonchev–Trinajstić information content (AvgIpc) is 3.34. The van der Waals surface area contributed by atoms with Gasteiger partial charge in [0.15, 0.2) is 5.82 Å². The van der Waals surface area contributed by atoms with Crippen LogP contribution in [0, 0.1) is 6.92 Å². The normalized spacial score (nSPS) is 14.4. The first-order chi connectivity index (χ1) is 14.3. The molecule has 30 heavy (non-hydrogen) atoms. The highest BCUT2D eigenvalue weighted by Crippen LogP contribution is 2.35. The highest BCUT2D eigenvalue weighted by Gasteiger charge is 2.32. The summed E-state index contributed by atoms with van der Waals surface area (Å²) in [4.78, 5) is 16.7. The van der Waals surface area contributed by atoms with Crippen molar-refractivity contribution in [3.8, 4) is 0 Å². The van der Waals surface area contributed by atoms with Gasteiger partial charge in [-0.2, -0.15) is 4.98 Å². The summed E-state index contributed by atoms with van der Waals surface area (Å²) in [6, 6.07) is 11.0. The Balaban J connectivity index is 1.63. The molecule has 0 saturated heterocycles. The van der Waals surface area contributed by atoms with Gasteiger partial charge in [0.25, 0.3) is 15.9 Å². The molecule has 2 heterocycles. The van der Waals surface area contributed by atoms with Crippen LogP contribution in [0.4, 0.5) is 5.69 Å². The zero-order valence-corrected chi connectivity index (χ0v) is 17.9. The molecule has 3 aromatic rings. The van der Waals surface area contributed by atoms with Crippen LogP contribution in [0.25, 0.3) is 0 Å². The molecule has 1 amide bonds. The SMILES string of the molecule is Cc1noc(C(C)NC(=O)c2ccc(Cl)c(S(=O)(=O)N3CCc4ccccc43)c2)n1. The highest BCUT2D eigenvalue weighted by molar-refractivity contribution is 7.93. The second-order valence-electron chi connectivity index (χ2n) is 6.98. The van der Waals surface area contributed by atoms with Crippen molar-refractivity contribution in [3.05, 3.63) is 70.3 Å². The van der Waals surface area contributed by atoms with Gasteiger partial charge in [0.1, 0.15) is 10.9 Å². The molecule has 4 rings (SSSR count). The van der Waals surface area contributed by atoms with Gasteiger partial charge in [-0.15, -0.1) is 0 Å². The Morgan fingerprint density at radius 3 is 2.77 bits per heavy atom. The third-order valence-electron chi connectivity index (χ3n) is 4.87. The van der Waals surface area contributed by atoms with Gasteiger partial charge in [-0.1, -0.05) is 35.0 Å². The number of carbonyl (C=O) groups is 1. The van der Waals surface area contributed by atoms with Crippen molar-refractivity contribution >= 4 is 33.2 Å². The van der Waals surface area contributed by atoms with E-state index in [1.54, 1.807) is 26.0 Å². The van der Waals surface area contributed by atoms with E-state index < -0.39 is 22.0 Å². The first-order valence-electron chi connectivity index (χ1n) is 9.28. The first-order valence-corrected chi connectivity index (χ1v) is 11.1. The summed E-state index contributed by atoms with van der Waals surface area (Å²) >= 11 is 6.22. The van der Waals surface area contributed by atoms with Crippen LogP contribution < -0.4 is 9.62 Å². The monoisotopic (exact) mass is 446 g/mol. The molecule has 0 radical (unpaired) electrons. The highest BCUT2D eigenvalue weighted by atomic mass is 35.5. The number of nitrogens with zero attached hydrogens (tertiary/aromatic N) is 3. The van der Waals surface area contributed by atoms with Crippen LogP contribution in [-0.4, -0.2) is 31.0 Å². The zero-order valence-electron chi connectivity index (χ0n) is 16.3. The number of para-hydroxylation sites is 1. The number of aromatic nitrogens is 2. The minimum absolute atomic E-state index is 0.0523. The fourth-order valence-corrected chi connectivity index (χ4v) is 5.36. The molecule has 2 aromatic carbocycles. The maximum Gasteiger partial charge on any atom is 0.265 e. The van der Waals surface area contributed by atoms with Crippen molar-refractivity contribution in [2.45, 2.75) is 31.2 Å². The summed E-state index contributed by atoms with van der Waals surface area (Å²) in [6.45, 7) is 3.69. The summed E-state index contributed by atoms with van der Waals surface area (Å²) in [5, 5.41) is 6.47. The number of carbonyl (C=O) groups excluding carboxylic acids is 1. The van der Waals surface area contributed by atoms with E-state index in [0.717, 1.165) is 5.56 Å². The molecule has 0 bridgehead atoms. The van der Waals surface area contributed by atoms with Crippen LogP contribution in [-0.2, 0) is 16.4 Å². The van der Waals surface area contributed by atoms with E-state index in [-0.39, 0.29) is 21.4 Å². The van der Waals surface area contributed by atoms with E-state index in [0.29, 0.717) is 24.5 Å². The maximum absolute atomic E-state index is 13.3. The fraction of sp³-hybridized carbons (Fsp3) is 0.250. The summed E-state index contributed by atoms with van der Waals surface area (Å²) in [7, 11) is -3.94. The van der Waals surface area contributed by atoms with Crippen LogP contribution in [0.15, 0.2) is 51.9 Å². The Morgan fingerprint density at radius 1 is 1.27 bits per heavy atom. The van der Waals surface area contributed by atoms with Gasteiger partial charge in [-0.25, -0.2) is 8.42 Å². The number of fused-ring (bicyclic) bond motifs is 1. The van der Waals surface area contributed by atoms with E-state index in [1.807, 2.05) is 12.1 Å². The van der Waals surface area contributed by atoms with Crippen molar-refractivity contribution < 1.29 is 17.7 Å². The number of aryl methyl sites for hydroxylation is 1. The van der Waals surface area contributed by atoms with Crippen molar-refractivity contribution in [2.24, 2.45) is 0 Å². The van der Waals surface area contributed by atoms with E-state index in [1.165, 1.54) is 22.5 Å². The number of sulfonamides is 1. The molecule has 156 valence electrons. The molecule has 1 N–H and O–H groups in total. The van der Waals surface area contributed by atoms with Gasteiger partial charge in [0, 0.05) is 12.1 Å². The lowest BCUT2D eigenvalue weighted by Gasteiger charge is -2.20. The quantitative estimate of drug-likeness (QED) is 0.644. The van der Waals surface area contributed by atoms with E-state index in [4.69, 9.17) is 16.1 Å². The summed E-state index contributed by atoms with van der Waals surface area (Å²) < 4.78 is 33.0. The standard InChI is InChI=1S/C20H19ClN4O4S/c1-12(20-23-13(2)24-29-20)22-19(26)15-7-8-16(21)18(11-15)30(27,28)25-10-9-14-5-3-4-6-17(14)25/h3-8,11-12H,9-10H2,1-2H3,(H,22,26). The molecule has 0 fully saturated rings. The Kier molecular flexibility index (Phi) is 5.25. The molecular formula is C20H19ClN4O4S. The number of amides is 1.